The van der Waals surface area contributed by atoms with Gasteiger partial charge in [0.25, 0.3) is 0 Å². The number of β-lactam (4-membered cyclic amide) rings is 1. The van der Waals surface area contributed by atoms with Crippen molar-refractivity contribution < 1.29 is 39.1 Å². The van der Waals surface area contributed by atoms with Crippen molar-refractivity contribution in [1.82, 2.24) is 0 Å². The average Bonchev–Trinajstić information content (AvgIpc) is 3.08. The van der Waals surface area contributed by atoms with Crippen LogP contribution in [-0.4, -0.2) is 68.4 Å². The van der Waals surface area contributed by atoms with E-state index in [0.717, 1.165) is 34.3 Å². The van der Waals surface area contributed by atoms with Crippen LogP contribution in [0.25, 0.3) is 0 Å². The zero-order chi connectivity index (χ0) is 36.4. The summed E-state index contributed by atoms with van der Waals surface area (Å²) in [5.41, 5.74) is 8.78. The number of aliphatic imine (C=N–C) groups is 1. The molecule has 3 aromatic rings. The molecule has 3 aromatic carbocycles. The SMILES string of the molecule is CCC(OC(C)=O)c1ccc(F)cc1.N=CN=C(N)CCc1ccc(N2C(=O)CC2c2ccc(CCC3(O)C(O)CC(O)CC3O)cc2)cc1. The van der Waals surface area contributed by atoms with E-state index in [1.165, 1.54) is 19.1 Å². The Morgan fingerprint density at radius 1 is 1.02 bits per heavy atom. The summed E-state index contributed by atoms with van der Waals surface area (Å²) in [6, 6.07) is 21.6. The van der Waals surface area contributed by atoms with Gasteiger partial charge in [0, 0.05) is 31.9 Å². The molecule has 0 spiro atoms. The minimum atomic E-state index is -1.64. The van der Waals surface area contributed by atoms with Gasteiger partial charge in [-0.25, -0.2) is 9.38 Å². The van der Waals surface area contributed by atoms with E-state index in [9.17, 15) is 34.4 Å². The quantitative estimate of drug-likeness (QED) is 0.0696. The number of amides is 1. The molecule has 268 valence electrons. The van der Waals surface area contributed by atoms with Gasteiger partial charge in [0.15, 0.2) is 0 Å². The van der Waals surface area contributed by atoms with Crippen LogP contribution in [0.4, 0.5) is 10.1 Å². The number of ether oxygens (including phenoxy) is 1. The van der Waals surface area contributed by atoms with Crippen LogP contribution in [0.5, 0.6) is 0 Å². The summed E-state index contributed by atoms with van der Waals surface area (Å²) >= 11 is 0. The lowest BCUT2D eigenvalue weighted by Crippen LogP contribution is -2.58. The molecule has 11 nitrogen and oxygen atoms in total. The van der Waals surface area contributed by atoms with Crippen LogP contribution >= 0.6 is 0 Å². The van der Waals surface area contributed by atoms with Crippen LogP contribution in [0.3, 0.4) is 0 Å². The Morgan fingerprint density at radius 2 is 1.60 bits per heavy atom. The van der Waals surface area contributed by atoms with E-state index < -0.39 is 23.9 Å². The summed E-state index contributed by atoms with van der Waals surface area (Å²) in [5.74, 6) is -0.133. The Labute approximate surface area is 291 Å². The Hall–Kier alpha value is -4.49. The van der Waals surface area contributed by atoms with Crippen molar-refractivity contribution in [2.24, 2.45) is 10.7 Å². The second-order valence-electron chi connectivity index (χ2n) is 12.8. The summed E-state index contributed by atoms with van der Waals surface area (Å²) < 4.78 is 17.7. The van der Waals surface area contributed by atoms with Gasteiger partial charge in [-0.1, -0.05) is 55.5 Å². The fraction of sp³-hybridized carbons (Fsp3) is 0.421. The number of hydrogen-bond acceptors (Lipinski definition) is 8. The molecule has 1 aliphatic heterocycles. The normalized spacial score (nSPS) is 24.0. The molecule has 1 saturated carbocycles. The molecule has 1 aliphatic carbocycles. The maximum Gasteiger partial charge on any atom is 0.303 e. The molecule has 7 N–H and O–H groups in total. The van der Waals surface area contributed by atoms with Gasteiger partial charge in [-0.2, -0.15) is 0 Å². The van der Waals surface area contributed by atoms with Gasteiger partial charge in [0.2, 0.25) is 5.91 Å². The molecule has 50 heavy (non-hydrogen) atoms. The predicted molar refractivity (Wildman–Crippen MR) is 188 cm³/mol. The number of anilines is 1. The number of aryl methyl sites for hydroxylation is 2. The van der Waals surface area contributed by atoms with Gasteiger partial charge in [0.05, 0.1) is 30.8 Å². The first kappa shape index (κ1) is 38.3. The van der Waals surface area contributed by atoms with E-state index in [0.29, 0.717) is 37.9 Å². The van der Waals surface area contributed by atoms with E-state index in [1.807, 2.05) is 55.5 Å². The fourth-order valence-electron chi connectivity index (χ4n) is 6.34. The maximum absolute atomic E-state index is 12.6. The second kappa shape index (κ2) is 17.4. The highest BCUT2D eigenvalue weighted by molar-refractivity contribution is 6.01. The van der Waals surface area contributed by atoms with Crippen LogP contribution in [-0.2, 0) is 27.2 Å². The predicted octanol–water partition coefficient (Wildman–Crippen LogP) is 4.44. The number of carbonyl (C=O) groups is 2. The zero-order valence-corrected chi connectivity index (χ0v) is 28.4. The van der Waals surface area contributed by atoms with Crippen molar-refractivity contribution >= 4 is 29.7 Å². The van der Waals surface area contributed by atoms with E-state index in [-0.39, 0.29) is 49.1 Å². The van der Waals surface area contributed by atoms with Gasteiger partial charge in [-0.15, -0.1) is 0 Å². The molecule has 0 aromatic heterocycles. The number of amidine groups is 1. The lowest BCUT2D eigenvalue weighted by atomic mass is 9.75. The first-order chi connectivity index (χ1) is 23.8. The highest BCUT2D eigenvalue weighted by atomic mass is 19.1. The van der Waals surface area contributed by atoms with Crippen molar-refractivity contribution in [2.45, 2.75) is 101 Å². The van der Waals surface area contributed by atoms with E-state index in [4.69, 9.17) is 15.9 Å². The minimum Gasteiger partial charge on any atom is -0.458 e. The number of aliphatic hydroxyl groups excluding tert-OH is 3. The number of hydrogen-bond donors (Lipinski definition) is 6. The molecular weight excluding hydrogens is 643 g/mol. The number of halogens is 1. The van der Waals surface area contributed by atoms with E-state index >= 15 is 0 Å². The number of carbonyl (C=O) groups excluding carboxylic acids is 2. The van der Waals surface area contributed by atoms with E-state index in [2.05, 4.69) is 4.99 Å². The fourth-order valence-corrected chi connectivity index (χ4v) is 6.34. The third-order valence-electron chi connectivity index (χ3n) is 9.31. The maximum atomic E-state index is 12.6. The number of nitrogens with zero attached hydrogens (tertiary/aromatic N) is 2. The lowest BCUT2D eigenvalue weighted by molar-refractivity contribution is -0.190. The van der Waals surface area contributed by atoms with Crippen molar-refractivity contribution in [1.29, 1.82) is 5.41 Å². The molecular formula is C38H47FN4O7. The number of esters is 1. The van der Waals surface area contributed by atoms with Crippen LogP contribution < -0.4 is 10.6 Å². The summed E-state index contributed by atoms with van der Waals surface area (Å²) in [4.78, 5) is 28.7. The van der Waals surface area contributed by atoms with Crippen molar-refractivity contribution in [3.8, 4) is 0 Å². The summed E-state index contributed by atoms with van der Waals surface area (Å²) in [6.07, 6.45) is 0.606. The molecule has 12 heteroatoms. The molecule has 0 bridgehead atoms. The summed E-state index contributed by atoms with van der Waals surface area (Å²) in [5, 5.41) is 47.9. The highest BCUT2D eigenvalue weighted by Gasteiger charge is 2.47. The number of nitrogens with one attached hydrogen (secondary N) is 1. The third-order valence-corrected chi connectivity index (χ3v) is 9.31. The molecule has 2 fully saturated rings. The lowest BCUT2D eigenvalue weighted by Gasteiger charge is -2.43. The van der Waals surface area contributed by atoms with Gasteiger partial charge >= 0.3 is 5.97 Å². The third kappa shape index (κ3) is 9.81. The molecule has 1 heterocycles. The summed E-state index contributed by atoms with van der Waals surface area (Å²) in [6.45, 7) is 3.28. The molecule has 0 radical (unpaired) electrons. The van der Waals surface area contributed by atoms with Crippen LogP contribution in [0.15, 0.2) is 77.8 Å². The second-order valence-corrected chi connectivity index (χ2v) is 12.8. The Balaban J connectivity index is 0.000000337. The van der Waals surface area contributed by atoms with Crippen LogP contribution in [0, 0.1) is 11.2 Å². The molecule has 2 aliphatic rings. The van der Waals surface area contributed by atoms with Gasteiger partial charge < -0.3 is 35.8 Å². The molecule has 4 atom stereocenters. The van der Waals surface area contributed by atoms with Crippen molar-refractivity contribution in [3.05, 3.63) is 101 Å². The zero-order valence-electron chi connectivity index (χ0n) is 28.4. The van der Waals surface area contributed by atoms with E-state index in [1.54, 1.807) is 17.0 Å². The van der Waals surface area contributed by atoms with Crippen molar-refractivity contribution in [3.63, 3.8) is 0 Å². The standard InChI is InChI=1S/C27H34N4O5.C11H13FO2/c28-16-30-25(29)10-5-17-3-8-20(9-4-17)31-22(15-26(31)35)19-6-1-18(2-7-19)11-12-27(36)23(33)13-21(32)14-24(27)34;1-3-11(14-8(2)13)9-4-6-10(12)7-5-9/h1-4,6-9,16,21-24,32-34,36H,5,10-15H2,(H3,28,29,30);4-7,11H,3H2,1-2H3. The van der Waals surface area contributed by atoms with Gasteiger partial charge in [-0.05, 0) is 72.2 Å². The summed E-state index contributed by atoms with van der Waals surface area (Å²) in [7, 11) is 0. The van der Waals surface area contributed by atoms with Crippen molar-refractivity contribution in [2.75, 3.05) is 4.90 Å². The Morgan fingerprint density at radius 3 is 2.14 bits per heavy atom. The average molecular weight is 691 g/mol. The van der Waals surface area contributed by atoms with Gasteiger partial charge in [0.1, 0.15) is 29.7 Å². The minimum absolute atomic E-state index is 0.0477. The smallest absolute Gasteiger partial charge is 0.303 e. The number of benzene rings is 3. The number of aliphatic hydroxyl groups is 4. The topological polar surface area (TPSA) is 190 Å². The Kier molecular flexibility index (Phi) is 13.4. The monoisotopic (exact) mass is 690 g/mol. The molecule has 4 unspecified atom stereocenters. The number of nitrogens with two attached hydrogens (primary N) is 1. The van der Waals surface area contributed by atoms with Crippen LogP contribution in [0.2, 0.25) is 0 Å². The van der Waals surface area contributed by atoms with Crippen LogP contribution in [0.1, 0.15) is 86.8 Å². The highest BCUT2D eigenvalue weighted by Crippen LogP contribution is 2.39. The largest absolute Gasteiger partial charge is 0.458 e. The first-order valence-electron chi connectivity index (χ1n) is 16.8. The molecule has 1 saturated heterocycles. The first-order valence-corrected chi connectivity index (χ1v) is 16.8. The Bertz CT molecular complexity index is 1600. The molecule has 5 rings (SSSR count). The van der Waals surface area contributed by atoms with Gasteiger partial charge in [-0.3, -0.25) is 15.0 Å². The molecule has 1 amide bonds. The number of rotatable bonds is 12.